The second-order valence-electron chi connectivity index (χ2n) is 7.16. The summed E-state index contributed by atoms with van der Waals surface area (Å²) in [5, 5.41) is 6.50. The van der Waals surface area contributed by atoms with E-state index >= 15 is 0 Å². The van der Waals surface area contributed by atoms with Crippen molar-refractivity contribution in [1.82, 2.24) is 15.5 Å². The Morgan fingerprint density at radius 2 is 2.00 bits per heavy atom. The molecule has 1 aromatic carbocycles. The second kappa shape index (κ2) is 12.9. The van der Waals surface area contributed by atoms with Gasteiger partial charge in [-0.25, -0.2) is 4.39 Å². The number of guanidine groups is 1. The molecule has 0 bridgehead atoms. The van der Waals surface area contributed by atoms with Crippen LogP contribution in [0.4, 0.5) is 4.39 Å². The van der Waals surface area contributed by atoms with Gasteiger partial charge in [-0.1, -0.05) is 12.1 Å². The van der Waals surface area contributed by atoms with Gasteiger partial charge in [0.2, 0.25) is 5.91 Å². The predicted octanol–water partition coefficient (Wildman–Crippen LogP) is 2.39. The van der Waals surface area contributed by atoms with E-state index in [0.29, 0.717) is 12.1 Å². The Hall–Kier alpha value is -1.42. The summed E-state index contributed by atoms with van der Waals surface area (Å²) in [5.74, 6) is 0.431. The molecule has 1 saturated heterocycles. The van der Waals surface area contributed by atoms with E-state index in [-0.39, 0.29) is 41.6 Å². The van der Waals surface area contributed by atoms with Crippen LogP contribution in [0.25, 0.3) is 0 Å². The number of aliphatic imine (C=N–C) groups is 1. The van der Waals surface area contributed by atoms with Gasteiger partial charge in [-0.15, -0.1) is 24.0 Å². The Labute approximate surface area is 184 Å². The average molecular weight is 505 g/mol. The summed E-state index contributed by atoms with van der Waals surface area (Å²) in [5.41, 5.74) is 6.91. The minimum atomic E-state index is -0.183. The van der Waals surface area contributed by atoms with Gasteiger partial charge < -0.3 is 21.3 Å². The highest BCUT2D eigenvalue weighted by Gasteiger charge is 2.22. The van der Waals surface area contributed by atoms with Crippen molar-refractivity contribution in [2.24, 2.45) is 16.6 Å². The third kappa shape index (κ3) is 8.30. The summed E-state index contributed by atoms with van der Waals surface area (Å²) >= 11 is 0. The molecular weight excluding hydrogens is 472 g/mol. The zero-order valence-corrected chi connectivity index (χ0v) is 19.2. The zero-order valence-electron chi connectivity index (χ0n) is 16.8. The Bertz CT molecular complexity index is 647. The fourth-order valence-corrected chi connectivity index (χ4v) is 3.26. The number of hydrogen-bond acceptors (Lipinski definition) is 3. The van der Waals surface area contributed by atoms with E-state index in [2.05, 4.69) is 20.5 Å². The maximum absolute atomic E-state index is 13.6. The number of nitrogens with one attached hydrogen (secondary N) is 2. The molecule has 0 radical (unpaired) electrons. The molecule has 0 atom stereocenters. The number of likely N-dealkylation sites (tertiary alicyclic amines) is 1. The van der Waals surface area contributed by atoms with Gasteiger partial charge in [-0.2, -0.15) is 0 Å². The van der Waals surface area contributed by atoms with Crippen molar-refractivity contribution in [3.8, 4) is 0 Å². The van der Waals surface area contributed by atoms with Crippen LogP contribution in [0, 0.1) is 18.7 Å². The van der Waals surface area contributed by atoms with E-state index < -0.39 is 0 Å². The number of rotatable bonds is 8. The van der Waals surface area contributed by atoms with E-state index in [1.165, 1.54) is 0 Å². The Morgan fingerprint density at radius 1 is 1.29 bits per heavy atom. The smallest absolute Gasteiger partial charge is 0.220 e. The molecule has 1 heterocycles. The predicted molar refractivity (Wildman–Crippen MR) is 122 cm³/mol. The first-order valence-corrected chi connectivity index (χ1v) is 9.71. The number of halogens is 2. The lowest BCUT2D eigenvalue weighted by Gasteiger charge is -2.30. The van der Waals surface area contributed by atoms with Gasteiger partial charge >= 0.3 is 0 Å². The lowest BCUT2D eigenvalue weighted by Crippen LogP contribution is -2.39. The zero-order chi connectivity index (χ0) is 19.6. The standard InChI is InChI=1S/C20H32FN5O.HI/c1-15-5-6-16(13-18(15)21)14-25-20(23-2)24-9-3-4-10-26-11-7-17(8-12-26)19(22)27;/h5-6,13,17H,3-4,7-12,14H2,1-2H3,(H2,22,27)(H2,23,24,25);1H. The number of unbranched alkanes of at least 4 members (excludes halogenated alkanes) is 1. The highest BCUT2D eigenvalue weighted by molar-refractivity contribution is 14.0. The van der Waals surface area contributed by atoms with E-state index in [0.717, 1.165) is 63.4 Å². The molecule has 6 nitrogen and oxygen atoms in total. The number of nitrogens with two attached hydrogens (primary N) is 1. The third-order valence-electron chi connectivity index (χ3n) is 5.10. The average Bonchev–Trinajstić information content (AvgIpc) is 2.67. The van der Waals surface area contributed by atoms with Crippen molar-refractivity contribution in [1.29, 1.82) is 0 Å². The van der Waals surface area contributed by atoms with Gasteiger partial charge in [0.1, 0.15) is 5.82 Å². The van der Waals surface area contributed by atoms with Crippen molar-refractivity contribution in [2.75, 3.05) is 33.2 Å². The molecular formula is C20H33FIN5O. The second-order valence-corrected chi connectivity index (χ2v) is 7.16. The molecule has 1 amide bonds. The van der Waals surface area contributed by atoms with Gasteiger partial charge in [-0.3, -0.25) is 9.79 Å². The number of primary amides is 1. The molecule has 1 aliphatic rings. The van der Waals surface area contributed by atoms with Crippen LogP contribution in [0.5, 0.6) is 0 Å². The van der Waals surface area contributed by atoms with Gasteiger partial charge in [0.05, 0.1) is 0 Å². The number of hydrogen-bond donors (Lipinski definition) is 3. The molecule has 0 spiro atoms. The molecule has 1 aromatic rings. The van der Waals surface area contributed by atoms with E-state index in [1.807, 2.05) is 6.07 Å². The number of aryl methyl sites for hydroxylation is 1. The quantitative estimate of drug-likeness (QED) is 0.219. The summed E-state index contributed by atoms with van der Waals surface area (Å²) in [4.78, 5) is 17.8. The number of nitrogens with zero attached hydrogens (tertiary/aromatic N) is 2. The molecule has 28 heavy (non-hydrogen) atoms. The minimum absolute atomic E-state index is 0. The number of carbonyl (C=O) groups is 1. The van der Waals surface area contributed by atoms with Crippen LogP contribution in [0.2, 0.25) is 0 Å². The van der Waals surface area contributed by atoms with Crippen LogP contribution >= 0.6 is 24.0 Å². The monoisotopic (exact) mass is 505 g/mol. The Kier molecular flexibility index (Phi) is 11.4. The first kappa shape index (κ1) is 24.6. The van der Waals surface area contributed by atoms with E-state index in [9.17, 15) is 9.18 Å². The van der Waals surface area contributed by atoms with Crippen LogP contribution < -0.4 is 16.4 Å². The lowest BCUT2D eigenvalue weighted by molar-refractivity contribution is -0.123. The van der Waals surface area contributed by atoms with E-state index in [4.69, 9.17) is 5.73 Å². The first-order chi connectivity index (χ1) is 13.0. The van der Waals surface area contributed by atoms with Gasteiger partial charge in [-0.05, 0) is 69.4 Å². The van der Waals surface area contributed by atoms with E-state index in [1.54, 1.807) is 26.1 Å². The Morgan fingerprint density at radius 3 is 2.61 bits per heavy atom. The number of benzene rings is 1. The molecule has 0 aliphatic carbocycles. The van der Waals surface area contributed by atoms with Crippen molar-refractivity contribution in [3.05, 3.63) is 35.1 Å². The lowest BCUT2D eigenvalue weighted by atomic mass is 9.96. The molecule has 158 valence electrons. The highest BCUT2D eigenvalue weighted by Crippen LogP contribution is 2.16. The van der Waals surface area contributed by atoms with Gasteiger partial charge in [0, 0.05) is 26.1 Å². The first-order valence-electron chi connectivity index (χ1n) is 9.71. The normalized spacial score (nSPS) is 15.8. The van der Waals surface area contributed by atoms with Crippen molar-refractivity contribution >= 4 is 35.8 Å². The van der Waals surface area contributed by atoms with Crippen LogP contribution in [-0.2, 0) is 11.3 Å². The van der Waals surface area contributed by atoms with Crippen molar-refractivity contribution in [2.45, 2.75) is 39.2 Å². The van der Waals surface area contributed by atoms with Crippen molar-refractivity contribution in [3.63, 3.8) is 0 Å². The fraction of sp³-hybridized carbons (Fsp3) is 0.600. The molecule has 0 saturated carbocycles. The molecule has 2 rings (SSSR count). The summed E-state index contributed by atoms with van der Waals surface area (Å²) in [6, 6.07) is 5.26. The van der Waals surface area contributed by atoms with Gasteiger partial charge in [0.25, 0.3) is 0 Å². The summed E-state index contributed by atoms with van der Waals surface area (Å²) in [6.45, 7) is 6.08. The maximum Gasteiger partial charge on any atom is 0.220 e. The molecule has 1 aliphatic heterocycles. The fourth-order valence-electron chi connectivity index (χ4n) is 3.26. The maximum atomic E-state index is 13.6. The topological polar surface area (TPSA) is 82.8 Å². The number of amides is 1. The van der Waals surface area contributed by atoms with Crippen LogP contribution in [0.1, 0.15) is 36.8 Å². The molecule has 0 aromatic heterocycles. The minimum Gasteiger partial charge on any atom is -0.369 e. The number of carbonyl (C=O) groups excluding carboxylic acids is 1. The molecule has 4 N–H and O–H groups in total. The number of piperidine rings is 1. The largest absolute Gasteiger partial charge is 0.369 e. The Balaban J connectivity index is 0.00000392. The SMILES string of the molecule is CN=C(NCCCCN1CCC(C(N)=O)CC1)NCc1ccc(C)c(F)c1.I. The summed E-state index contributed by atoms with van der Waals surface area (Å²) < 4.78 is 13.6. The van der Waals surface area contributed by atoms with Crippen LogP contribution in [-0.4, -0.2) is 50.0 Å². The highest BCUT2D eigenvalue weighted by atomic mass is 127. The summed E-state index contributed by atoms with van der Waals surface area (Å²) in [7, 11) is 1.73. The van der Waals surface area contributed by atoms with Crippen molar-refractivity contribution < 1.29 is 9.18 Å². The van der Waals surface area contributed by atoms with Gasteiger partial charge in [0.15, 0.2) is 5.96 Å². The van der Waals surface area contributed by atoms with Crippen LogP contribution in [0.3, 0.4) is 0 Å². The summed E-state index contributed by atoms with van der Waals surface area (Å²) in [6.07, 6.45) is 3.89. The molecule has 0 unspecified atom stereocenters. The molecule has 8 heteroatoms. The third-order valence-corrected chi connectivity index (χ3v) is 5.10. The molecule has 1 fully saturated rings. The van der Waals surface area contributed by atoms with Crippen LogP contribution in [0.15, 0.2) is 23.2 Å².